The Bertz CT molecular complexity index is 773. The van der Waals surface area contributed by atoms with Crippen molar-refractivity contribution in [2.75, 3.05) is 13.1 Å². The number of carbonyl (C=O) groups is 2. The van der Waals surface area contributed by atoms with Crippen molar-refractivity contribution < 1.29 is 14.7 Å². The zero-order valence-corrected chi connectivity index (χ0v) is 15.9. The van der Waals surface area contributed by atoms with E-state index >= 15 is 0 Å². The van der Waals surface area contributed by atoms with E-state index in [0.29, 0.717) is 25.1 Å². The number of allylic oxidation sites excluding steroid dienone is 1. The number of hydrogen-bond donors (Lipinski definition) is 1. The maximum Gasteiger partial charge on any atom is 0.254 e. The number of aryl methyl sites for hydroxylation is 1. The number of piperidine rings is 2. The van der Waals surface area contributed by atoms with Crippen molar-refractivity contribution in [3.05, 3.63) is 41.5 Å². The van der Waals surface area contributed by atoms with E-state index in [4.69, 9.17) is 0 Å². The van der Waals surface area contributed by atoms with Gasteiger partial charge in [-0.3, -0.25) is 9.59 Å². The van der Waals surface area contributed by atoms with Crippen LogP contribution in [-0.4, -0.2) is 51.9 Å². The molecule has 4 aliphatic rings. The standard InChI is InChI=1S/C22H28N2O3/c1-2-15-12-17(8-11-20(15)25)22(27)24-14-18-9-10-19(24)13-23(18)21(26)16-6-4-3-5-7-16/h4,6,8,11-12,16,18-19,25H,2-3,5,7,9-10,13-14H2,1H3. The Labute approximate surface area is 160 Å². The quantitative estimate of drug-likeness (QED) is 0.834. The van der Waals surface area contributed by atoms with E-state index in [1.165, 1.54) is 0 Å². The molecule has 27 heavy (non-hydrogen) atoms. The number of hydrogen-bond acceptors (Lipinski definition) is 3. The molecule has 5 rings (SSSR count). The second-order valence-electron chi connectivity index (χ2n) is 8.00. The summed E-state index contributed by atoms with van der Waals surface area (Å²) < 4.78 is 0. The number of amides is 2. The third kappa shape index (κ3) is 3.35. The van der Waals surface area contributed by atoms with E-state index in [1.54, 1.807) is 18.2 Å². The number of carbonyl (C=O) groups excluding carboxylic acids is 2. The average Bonchev–Trinajstić information content (AvgIpc) is 2.74. The first-order valence-corrected chi connectivity index (χ1v) is 10.2. The molecule has 2 amide bonds. The Balaban J connectivity index is 1.48. The van der Waals surface area contributed by atoms with Crippen LogP contribution >= 0.6 is 0 Å². The normalized spacial score (nSPS) is 27.1. The Morgan fingerprint density at radius 2 is 1.85 bits per heavy atom. The van der Waals surface area contributed by atoms with E-state index in [2.05, 4.69) is 12.2 Å². The maximum atomic E-state index is 13.1. The Morgan fingerprint density at radius 1 is 1.11 bits per heavy atom. The van der Waals surface area contributed by atoms with Crippen LogP contribution < -0.4 is 0 Å². The van der Waals surface area contributed by atoms with Gasteiger partial charge in [0.1, 0.15) is 5.75 Å². The van der Waals surface area contributed by atoms with E-state index in [-0.39, 0.29) is 35.6 Å². The van der Waals surface area contributed by atoms with Gasteiger partial charge in [0.15, 0.2) is 0 Å². The Hall–Kier alpha value is -2.30. The van der Waals surface area contributed by atoms with Crippen LogP contribution in [0.25, 0.3) is 0 Å². The summed E-state index contributed by atoms with van der Waals surface area (Å²) in [7, 11) is 0. The minimum atomic E-state index is 0.0176. The fourth-order valence-corrected chi connectivity index (χ4v) is 4.75. The molecule has 144 valence electrons. The van der Waals surface area contributed by atoms with E-state index < -0.39 is 0 Å². The molecule has 0 radical (unpaired) electrons. The summed E-state index contributed by atoms with van der Waals surface area (Å²) in [6.07, 6.45) is 9.92. The molecule has 0 saturated carbocycles. The third-order valence-corrected chi connectivity index (χ3v) is 6.35. The molecule has 1 aromatic rings. The molecule has 5 heteroatoms. The fraction of sp³-hybridized carbons (Fsp3) is 0.545. The molecule has 1 N–H and O–H groups in total. The lowest BCUT2D eigenvalue weighted by Crippen LogP contribution is -2.65. The van der Waals surface area contributed by atoms with Crippen LogP contribution in [0.2, 0.25) is 0 Å². The molecule has 1 aliphatic carbocycles. The van der Waals surface area contributed by atoms with Gasteiger partial charge in [-0.05, 0) is 62.3 Å². The van der Waals surface area contributed by atoms with Crippen LogP contribution in [0.15, 0.2) is 30.4 Å². The summed E-state index contributed by atoms with van der Waals surface area (Å²) in [6, 6.07) is 5.34. The van der Waals surface area contributed by atoms with Gasteiger partial charge in [0.2, 0.25) is 5.91 Å². The monoisotopic (exact) mass is 368 g/mol. The topological polar surface area (TPSA) is 60.9 Å². The van der Waals surface area contributed by atoms with Gasteiger partial charge < -0.3 is 14.9 Å². The van der Waals surface area contributed by atoms with Crippen molar-refractivity contribution in [3.8, 4) is 5.75 Å². The van der Waals surface area contributed by atoms with Gasteiger partial charge in [-0.2, -0.15) is 0 Å². The van der Waals surface area contributed by atoms with Crippen LogP contribution in [0.4, 0.5) is 0 Å². The van der Waals surface area contributed by atoms with Crippen LogP contribution in [-0.2, 0) is 11.2 Å². The highest BCUT2D eigenvalue weighted by Crippen LogP contribution is 2.33. The number of rotatable bonds is 3. The molecule has 0 aromatic heterocycles. The largest absolute Gasteiger partial charge is 0.508 e. The zero-order valence-electron chi connectivity index (χ0n) is 15.9. The highest BCUT2D eigenvalue weighted by molar-refractivity contribution is 5.95. The highest BCUT2D eigenvalue weighted by Gasteiger charge is 2.44. The van der Waals surface area contributed by atoms with Crippen LogP contribution in [0.1, 0.15) is 54.9 Å². The first-order chi connectivity index (χ1) is 13.1. The number of phenols is 1. The molecule has 3 saturated heterocycles. The number of benzene rings is 1. The number of nitrogens with zero attached hydrogens (tertiary/aromatic N) is 2. The minimum absolute atomic E-state index is 0.0176. The molecule has 3 aliphatic heterocycles. The first kappa shape index (κ1) is 18.1. The van der Waals surface area contributed by atoms with Gasteiger partial charge in [0, 0.05) is 30.7 Å². The highest BCUT2D eigenvalue weighted by atomic mass is 16.3. The number of phenolic OH excluding ortho intramolecular Hbond substituents is 1. The summed E-state index contributed by atoms with van der Waals surface area (Å²) in [5.41, 5.74) is 1.43. The molecule has 0 spiro atoms. The first-order valence-electron chi connectivity index (χ1n) is 10.2. The molecular formula is C22H28N2O3. The van der Waals surface area contributed by atoms with Gasteiger partial charge in [-0.1, -0.05) is 19.1 Å². The lowest BCUT2D eigenvalue weighted by molar-refractivity contribution is -0.143. The number of fused-ring (bicyclic) bond motifs is 3. The SMILES string of the molecule is CCc1cc(C(=O)N2CC3CCC2CN3C(=O)C2C=CCCC2)ccc1O. The summed E-state index contributed by atoms with van der Waals surface area (Å²) in [6.45, 7) is 3.24. The van der Waals surface area contributed by atoms with Gasteiger partial charge in [0.25, 0.3) is 5.91 Å². The maximum absolute atomic E-state index is 13.1. The van der Waals surface area contributed by atoms with Crippen molar-refractivity contribution in [2.24, 2.45) is 5.92 Å². The summed E-state index contributed by atoms with van der Waals surface area (Å²) in [4.78, 5) is 30.0. The molecular weight excluding hydrogens is 340 g/mol. The summed E-state index contributed by atoms with van der Waals surface area (Å²) >= 11 is 0. The lowest BCUT2D eigenvalue weighted by atomic mass is 9.87. The average molecular weight is 368 g/mol. The van der Waals surface area contributed by atoms with Crippen LogP contribution in [0, 0.1) is 5.92 Å². The van der Waals surface area contributed by atoms with E-state index in [9.17, 15) is 14.7 Å². The Kier molecular flexibility index (Phi) is 4.94. The molecule has 3 unspecified atom stereocenters. The van der Waals surface area contributed by atoms with Crippen LogP contribution in [0.5, 0.6) is 5.75 Å². The predicted molar refractivity (Wildman–Crippen MR) is 104 cm³/mol. The van der Waals surface area contributed by atoms with Crippen molar-refractivity contribution in [3.63, 3.8) is 0 Å². The predicted octanol–water partition coefficient (Wildman–Crippen LogP) is 3.13. The lowest BCUT2D eigenvalue weighted by Gasteiger charge is -2.52. The minimum Gasteiger partial charge on any atom is -0.508 e. The molecule has 3 heterocycles. The molecule has 2 bridgehead atoms. The second-order valence-corrected chi connectivity index (χ2v) is 8.00. The zero-order chi connectivity index (χ0) is 19.0. The summed E-state index contributed by atoms with van der Waals surface area (Å²) in [5.74, 6) is 0.521. The molecule has 1 aromatic carbocycles. The molecule has 5 nitrogen and oxygen atoms in total. The Morgan fingerprint density at radius 3 is 2.48 bits per heavy atom. The van der Waals surface area contributed by atoms with E-state index in [0.717, 1.165) is 37.7 Å². The third-order valence-electron chi connectivity index (χ3n) is 6.35. The fourth-order valence-electron chi connectivity index (χ4n) is 4.75. The van der Waals surface area contributed by atoms with Gasteiger partial charge >= 0.3 is 0 Å². The van der Waals surface area contributed by atoms with Gasteiger partial charge in [-0.25, -0.2) is 0 Å². The van der Waals surface area contributed by atoms with Crippen molar-refractivity contribution in [1.29, 1.82) is 0 Å². The molecule has 3 fully saturated rings. The smallest absolute Gasteiger partial charge is 0.254 e. The second kappa shape index (κ2) is 7.37. The number of aromatic hydroxyl groups is 1. The van der Waals surface area contributed by atoms with Crippen molar-refractivity contribution in [2.45, 2.75) is 57.5 Å². The molecule has 3 atom stereocenters. The summed E-state index contributed by atoms with van der Waals surface area (Å²) in [5, 5.41) is 9.88. The van der Waals surface area contributed by atoms with Gasteiger partial charge in [0.05, 0.1) is 5.92 Å². The van der Waals surface area contributed by atoms with Crippen molar-refractivity contribution in [1.82, 2.24) is 9.80 Å². The van der Waals surface area contributed by atoms with E-state index in [1.807, 2.05) is 16.7 Å². The van der Waals surface area contributed by atoms with Crippen LogP contribution in [0.3, 0.4) is 0 Å². The van der Waals surface area contributed by atoms with Gasteiger partial charge in [-0.15, -0.1) is 0 Å². The number of piperazine rings is 1. The van der Waals surface area contributed by atoms with Crippen molar-refractivity contribution >= 4 is 11.8 Å².